The Balaban J connectivity index is 1.94. The quantitative estimate of drug-likeness (QED) is 0.860. The third kappa shape index (κ3) is 2.37. The van der Waals surface area contributed by atoms with Crippen LogP contribution in [0.25, 0.3) is 11.0 Å². The first-order valence-corrected chi connectivity index (χ1v) is 7.95. The zero-order chi connectivity index (χ0) is 14.3. The molecule has 1 saturated carbocycles. The number of imidazole rings is 1. The van der Waals surface area contributed by atoms with Crippen molar-refractivity contribution in [3.63, 3.8) is 0 Å². The summed E-state index contributed by atoms with van der Waals surface area (Å²) in [4.78, 5) is 7.79. The van der Waals surface area contributed by atoms with Gasteiger partial charge in [-0.1, -0.05) is 13.3 Å². The molecular weight excluding hydrogens is 321 g/mol. The number of aromatic nitrogens is 2. The van der Waals surface area contributed by atoms with Gasteiger partial charge in [0.1, 0.15) is 11.6 Å². The lowest BCUT2D eigenvalue weighted by Crippen LogP contribution is -2.41. The van der Waals surface area contributed by atoms with Gasteiger partial charge in [0, 0.05) is 6.07 Å². The van der Waals surface area contributed by atoms with E-state index in [-0.39, 0.29) is 5.82 Å². The number of aromatic amines is 1. The third-order valence-electron chi connectivity index (χ3n) is 4.57. The first-order valence-electron chi connectivity index (χ1n) is 7.16. The van der Waals surface area contributed by atoms with E-state index in [9.17, 15) is 4.39 Å². The fraction of sp³-hybridized carbons (Fsp3) is 0.533. The molecule has 1 aliphatic rings. The van der Waals surface area contributed by atoms with Crippen molar-refractivity contribution in [1.82, 2.24) is 9.97 Å². The summed E-state index contributed by atoms with van der Waals surface area (Å²) >= 11 is 3.19. The minimum absolute atomic E-state index is 0.284. The van der Waals surface area contributed by atoms with E-state index < -0.39 is 5.54 Å². The molecule has 1 heterocycles. The van der Waals surface area contributed by atoms with Crippen molar-refractivity contribution in [2.75, 3.05) is 0 Å². The predicted octanol–water partition coefficient (Wildman–Crippen LogP) is 4.22. The summed E-state index contributed by atoms with van der Waals surface area (Å²) in [5.74, 6) is 1.29. The Morgan fingerprint density at radius 2 is 2.15 bits per heavy atom. The van der Waals surface area contributed by atoms with E-state index in [1.807, 2.05) is 0 Å². The molecule has 0 amide bonds. The van der Waals surface area contributed by atoms with Crippen molar-refractivity contribution in [1.29, 1.82) is 0 Å². The lowest BCUT2D eigenvalue weighted by molar-refractivity contribution is 0.223. The fourth-order valence-electron chi connectivity index (χ4n) is 3.08. The van der Waals surface area contributed by atoms with Gasteiger partial charge < -0.3 is 10.7 Å². The number of H-pyrrole nitrogens is 1. The summed E-state index contributed by atoms with van der Waals surface area (Å²) < 4.78 is 14.0. The second-order valence-electron chi connectivity index (χ2n) is 5.88. The minimum Gasteiger partial charge on any atom is -0.340 e. The van der Waals surface area contributed by atoms with Crippen LogP contribution in [-0.2, 0) is 5.54 Å². The molecule has 0 atom stereocenters. The summed E-state index contributed by atoms with van der Waals surface area (Å²) in [6.45, 7) is 2.23. The number of halogens is 2. The van der Waals surface area contributed by atoms with Crippen molar-refractivity contribution in [3.05, 3.63) is 28.2 Å². The summed E-state index contributed by atoms with van der Waals surface area (Å²) in [5.41, 5.74) is 7.61. The molecule has 0 saturated heterocycles. The molecule has 0 bridgehead atoms. The highest BCUT2D eigenvalue weighted by atomic mass is 79.9. The van der Waals surface area contributed by atoms with Gasteiger partial charge in [-0.3, -0.25) is 0 Å². The largest absolute Gasteiger partial charge is 0.340 e. The molecule has 0 unspecified atom stereocenters. The molecule has 1 aromatic carbocycles. The Kier molecular flexibility index (Phi) is 3.58. The van der Waals surface area contributed by atoms with Gasteiger partial charge in [0.05, 0.1) is 21.0 Å². The second kappa shape index (κ2) is 5.11. The topological polar surface area (TPSA) is 54.7 Å². The molecule has 0 spiro atoms. The van der Waals surface area contributed by atoms with Crippen molar-refractivity contribution in [3.8, 4) is 0 Å². The van der Waals surface area contributed by atoms with Crippen molar-refractivity contribution >= 4 is 27.0 Å². The van der Waals surface area contributed by atoms with Gasteiger partial charge in [0.25, 0.3) is 0 Å². The molecule has 3 nitrogen and oxygen atoms in total. The summed E-state index contributed by atoms with van der Waals surface area (Å²) in [5, 5.41) is 0. The maximum absolute atomic E-state index is 13.6. The van der Waals surface area contributed by atoms with Crippen LogP contribution in [-0.4, -0.2) is 9.97 Å². The monoisotopic (exact) mass is 339 g/mol. The van der Waals surface area contributed by atoms with Gasteiger partial charge in [-0.05, 0) is 53.6 Å². The lowest BCUT2D eigenvalue weighted by atomic mass is 9.76. The molecule has 2 aromatic rings. The highest BCUT2D eigenvalue weighted by molar-refractivity contribution is 9.10. The van der Waals surface area contributed by atoms with Crippen LogP contribution in [0.4, 0.5) is 4.39 Å². The third-order valence-corrected chi connectivity index (χ3v) is 5.18. The first kappa shape index (κ1) is 14.0. The van der Waals surface area contributed by atoms with Gasteiger partial charge in [-0.15, -0.1) is 0 Å². The van der Waals surface area contributed by atoms with Crippen LogP contribution < -0.4 is 5.73 Å². The van der Waals surface area contributed by atoms with Gasteiger partial charge in [-0.25, -0.2) is 9.37 Å². The van der Waals surface area contributed by atoms with E-state index in [0.29, 0.717) is 9.99 Å². The smallest absolute Gasteiger partial charge is 0.139 e. The van der Waals surface area contributed by atoms with Gasteiger partial charge in [0.2, 0.25) is 0 Å². The number of nitrogens with one attached hydrogen (secondary N) is 1. The Labute approximate surface area is 126 Å². The lowest BCUT2D eigenvalue weighted by Gasteiger charge is -2.35. The number of hydrogen-bond donors (Lipinski definition) is 2. The van der Waals surface area contributed by atoms with Gasteiger partial charge in [0.15, 0.2) is 0 Å². The number of fused-ring (bicyclic) bond motifs is 1. The normalized spacial score (nSPS) is 27.1. The van der Waals surface area contributed by atoms with Gasteiger partial charge >= 0.3 is 0 Å². The van der Waals surface area contributed by atoms with Crippen molar-refractivity contribution < 1.29 is 4.39 Å². The predicted molar refractivity (Wildman–Crippen MR) is 81.9 cm³/mol. The van der Waals surface area contributed by atoms with E-state index >= 15 is 0 Å². The summed E-state index contributed by atoms with van der Waals surface area (Å²) in [6.07, 6.45) is 5.38. The average Bonchev–Trinajstić information content (AvgIpc) is 2.84. The van der Waals surface area contributed by atoms with Crippen LogP contribution in [0.15, 0.2) is 16.6 Å². The number of rotatable bonds is 2. The van der Waals surface area contributed by atoms with E-state index in [4.69, 9.17) is 5.73 Å². The maximum Gasteiger partial charge on any atom is 0.139 e. The maximum atomic E-state index is 13.6. The second-order valence-corrected chi connectivity index (χ2v) is 6.73. The molecule has 5 heteroatoms. The Morgan fingerprint density at radius 3 is 2.80 bits per heavy atom. The fourth-order valence-corrected chi connectivity index (χ4v) is 3.41. The van der Waals surface area contributed by atoms with E-state index in [1.165, 1.54) is 12.5 Å². The molecule has 1 aromatic heterocycles. The van der Waals surface area contributed by atoms with E-state index in [0.717, 1.165) is 42.9 Å². The van der Waals surface area contributed by atoms with E-state index in [2.05, 4.69) is 32.8 Å². The molecule has 0 radical (unpaired) electrons. The standard InChI is InChI=1S/C15H19BrFN3/c1-2-9-3-5-15(18,6-4-9)14-19-12-7-10(16)11(17)8-13(12)20-14/h7-9H,2-6,18H2,1H3,(H,19,20). The zero-order valence-corrected chi connectivity index (χ0v) is 13.1. The molecular formula is C15H19BrFN3. The van der Waals surface area contributed by atoms with Crippen LogP contribution in [0.3, 0.4) is 0 Å². The highest BCUT2D eigenvalue weighted by Crippen LogP contribution is 2.38. The number of nitrogens with zero attached hydrogens (tertiary/aromatic N) is 1. The van der Waals surface area contributed by atoms with E-state index in [1.54, 1.807) is 6.07 Å². The van der Waals surface area contributed by atoms with Crippen LogP contribution >= 0.6 is 15.9 Å². The zero-order valence-electron chi connectivity index (χ0n) is 11.5. The van der Waals surface area contributed by atoms with Crippen LogP contribution in [0.5, 0.6) is 0 Å². The highest BCUT2D eigenvalue weighted by Gasteiger charge is 2.35. The average molecular weight is 340 g/mol. The molecule has 108 valence electrons. The van der Waals surface area contributed by atoms with Crippen LogP contribution in [0.2, 0.25) is 0 Å². The SMILES string of the molecule is CCC1CCC(N)(c2nc3cc(Br)c(F)cc3[nH]2)CC1. The Bertz CT molecular complexity index is 590. The van der Waals surface area contributed by atoms with Crippen molar-refractivity contribution in [2.45, 2.75) is 44.6 Å². The first-order chi connectivity index (χ1) is 9.51. The molecule has 0 aliphatic heterocycles. The summed E-state index contributed by atoms with van der Waals surface area (Å²) in [6, 6.07) is 3.17. The van der Waals surface area contributed by atoms with Crippen LogP contribution in [0.1, 0.15) is 44.9 Å². The molecule has 3 rings (SSSR count). The molecule has 20 heavy (non-hydrogen) atoms. The minimum atomic E-state index is -0.395. The number of hydrogen-bond acceptors (Lipinski definition) is 2. The van der Waals surface area contributed by atoms with Gasteiger partial charge in [-0.2, -0.15) is 0 Å². The molecule has 1 fully saturated rings. The molecule has 3 N–H and O–H groups in total. The van der Waals surface area contributed by atoms with Crippen LogP contribution in [0, 0.1) is 11.7 Å². The number of nitrogens with two attached hydrogens (primary N) is 1. The molecule has 1 aliphatic carbocycles. The Hall–Kier alpha value is -0.940. The van der Waals surface area contributed by atoms with Crippen molar-refractivity contribution in [2.24, 2.45) is 11.7 Å². The summed E-state index contributed by atoms with van der Waals surface area (Å²) in [7, 11) is 0. The Morgan fingerprint density at radius 1 is 1.45 bits per heavy atom. The number of benzene rings is 1.